The van der Waals surface area contributed by atoms with E-state index in [-0.39, 0.29) is 6.61 Å². The molecular weight excluding hydrogens is 350 g/mol. The fourth-order valence-electron chi connectivity index (χ4n) is 3.57. The smallest absolute Gasteiger partial charge is 0.203 e. The lowest BCUT2D eigenvalue weighted by Crippen LogP contribution is -2.31. The molecule has 2 N–H and O–H groups in total. The van der Waals surface area contributed by atoms with E-state index in [1.54, 1.807) is 0 Å². The van der Waals surface area contributed by atoms with E-state index < -0.39 is 6.10 Å². The Morgan fingerprint density at radius 1 is 0.964 bits per heavy atom. The van der Waals surface area contributed by atoms with Gasteiger partial charge in [-0.1, -0.05) is 56.5 Å². The van der Waals surface area contributed by atoms with E-state index in [1.807, 2.05) is 54.0 Å². The SMILES string of the molecule is CCCCCCn1c(=N)n(C[C@H](O)COc2ccccc2C)c2ccccc21. The number of nitrogens with zero attached hydrogens (tertiary/aromatic N) is 2. The highest BCUT2D eigenvalue weighted by molar-refractivity contribution is 5.75. The number of unbranched alkanes of at least 4 members (excludes halogenated alkanes) is 3. The molecule has 0 aliphatic heterocycles. The normalized spacial score (nSPS) is 12.4. The van der Waals surface area contributed by atoms with Gasteiger partial charge in [-0.3, -0.25) is 5.41 Å². The minimum absolute atomic E-state index is 0.202. The number of benzene rings is 2. The zero-order valence-corrected chi connectivity index (χ0v) is 16.9. The fraction of sp³-hybridized carbons (Fsp3) is 0.435. The first kappa shape index (κ1) is 20.2. The maximum absolute atomic E-state index is 10.6. The predicted molar refractivity (Wildman–Crippen MR) is 113 cm³/mol. The lowest BCUT2D eigenvalue weighted by atomic mass is 10.2. The summed E-state index contributed by atoms with van der Waals surface area (Å²) < 4.78 is 9.74. The molecule has 1 aromatic heterocycles. The van der Waals surface area contributed by atoms with Crippen molar-refractivity contribution in [2.45, 2.75) is 58.7 Å². The van der Waals surface area contributed by atoms with Gasteiger partial charge in [0, 0.05) is 6.54 Å². The van der Waals surface area contributed by atoms with Gasteiger partial charge in [-0.05, 0) is 37.1 Å². The number of para-hydroxylation sites is 3. The van der Waals surface area contributed by atoms with Crippen molar-refractivity contribution in [1.29, 1.82) is 5.41 Å². The highest BCUT2D eigenvalue weighted by atomic mass is 16.5. The number of hydrogen-bond acceptors (Lipinski definition) is 3. The van der Waals surface area contributed by atoms with Gasteiger partial charge >= 0.3 is 0 Å². The average molecular weight is 382 g/mol. The molecular formula is C23H31N3O2. The molecule has 1 heterocycles. The van der Waals surface area contributed by atoms with Crippen molar-refractivity contribution in [3.8, 4) is 5.75 Å². The monoisotopic (exact) mass is 381 g/mol. The van der Waals surface area contributed by atoms with E-state index in [2.05, 4.69) is 17.6 Å². The Morgan fingerprint density at radius 3 is 2.36 bits per heavy atom. The minimum atomic E-state index is -0.687. The van der Waals surface area contributed by atoms with Crippen LogP contribution in [0.3, 0.4) is 0 Å². The van der Waals surface area contributed by atoms with E-state index >= 15 is 0 Å². The van der Waals surface area contributed by atoms with Crippen LogP contribution in [-0.2, 0) is 13.1 Å². The van der Waals surface area contributed by atoms with Crippen molar-refractivity contribution < 1.29 is 9.84 Å². The first-order valence-corrected chi connectivity index (χ1v) is 10.2. The van der Waals surface area contributed by atoms with Crippen molar-refractivity contribution in [3.63, 3.8) is 0 Å². The average Bonchev–Trinajstić information content (AvgIpc) is 2.96. The van der Waals surface area contributed by atoms with Gasteiger partial charge in [-0.2, -0.15) is 0 Å². The molecule has 2 aromatic carbocycles. The van der Waals surface area contributed by atoms with Crippen LogP contribution in [0.1, 0.15) is 38.2 Å². The third-order valence-electron chi connectivity index (χ3n) is 5.13. The molecule has 3 aromatic rings. The first-order valence-electron chi connectivity index (χ1n) is 10.2. The number of imidazole rings is 1. The Bertz CT molecular complexity index is 958. The molecule has 0 bridgehead atoms. The molecule has 0 spiro atoms. The van der Waals surface area contributed by atoms with E-state index in [0.29, 0.717) is 12.2 Å². The molecule has 0 fully saturated rings. The summed E-state index contributed by atoms with van der Waals surface area (Å²) in [7, 11) is 0. The van der Waals surface area contributed by atoms with Crippen LogP contribution >= 0.6 is 0 Å². The molecule has 150 valence electrons. The third kappa shape index (κ3) is 4.65. The number of hydrogen-bond donors (Lipinski definition) is 2. The molecule has 0 aliphatic carbocycles. The van der Waals surface area contributed by atoms with Crippen LogP contribution in [-0.4, -0.2) is 27.0 Å². The van der Waals surface area contributed by atoms with Crippen molar-refractivity contribution in [3.05, 3.63) is 59.7 Å². The van der Waals surface area contributed by atoms with E-state index in [4.69, 9.17) is 10.1 Å². The number of rotatable bonds is 10. The molecule has 0 amide bonds. The van der Waals surface area contributed by atoms with Crippen LogP contribution in [0, 0.1) is 12.3 Å². The zero-order chi connectivity index (χ0) is 19.9. The molecule has 0 saturated carbocycles. The van der Waals surface area contributed by atoms with Crippen molar-refractivity contribution in [2.24, 2.45) is 0 Å². The third-order valence-corrected chi connectivity index (χ3v) is 5.13. The summed E-state index contributed by atoms with van der Waals surface area (Å²) in [5.74, 6) is 0.788. The Morgan fingerprint density at radius 2 is 1.64 bits per heavy atom. The largest absolute Gasteiger partial charge is 0.491 e. The summed E-state index contributed by atoms with van der Waals surface area (Å²) in [5, 5.41) is 19.2. The summed E-state index contributed by atoms with van der Waals surface area (Å²) >= 11 is 0. The lowest BCUT2D eigenvalue weighted by Gasteiger charge is -2.15. The van der Waals surface area contributed by atoms with Gasteiger partial charge in [-0.25, -0.2) is 0 Å². The molecule has 5 heteroatoms. The van der Waals surface area contributed by atoms with Crippen LogP contribution in [0.15, 0.2) is 48.5 Å². The topological polar surface area (TPSA) is 63.2 Å². The van der Waals surface area contributed by atoms with Gasteiger partial charge in [0.2, 0.25) is 5.62 Å². The molecule has 5 nitrogen and oxygen atoms in total. The molecule has 0 radical (unpaired) electrons. The molecule has 28 heavy (non-hydrogen) atoms. The van der Waals surface area contributed by atoms with Crippen molar-refractivity contribution in [2.75, 3.05) is 6.61 Å². The number of nitrogens with one attached hydrogen (secondary N) is 1. The first-order chi connectivity index (χ1) is 13.6. The van der Waals surface area contributed by atoms with Crippen LogP contribution < -0.4 is 10.4 Å². The van der Waals surface area contributed by atoms with Crippen molar-refractivity contribution >= 4 is 11.0 Å². The van der Waals surface area contributed by atoms with Crippen LogP contribution in [0.4, 0.5) is 0 Å². The highest BCUT2D eigenvalue weighted by Gasteiger charge is 2.14. The standard InChI is InChI=1S/C23H31N3O2/c1-3-4-5-10-15-25-20-12-7-8-13-21(20)26(23(25)24)16-19(27)17-28-22-14-9-6-11-18(22)2/h6-9,11-14,19,24,27H,3-5,10,15-17H2,1-2H3/t19-/m0/s1. The number of ether oxygens (including phenoxy) is 1. The quantitative estimate of drug-likeness (QED) is 0.516. The Labute approximate surface area is 166 Å². The van der Waals surface area contributed by atoms with Gasteiger partial charge in [0.05, 0.1) is 17.6 Å². The Balaban J connectivity index is 1.74. The summed E-state index contributed by atoms with van der Waals surface area (Å²) in [5.41, 5.74) is 3.52. The molecule has 1 atom stereocenters. The van der Waals surface area contributed by atoms with Gasteiger partial charge in [0.25, 0.3) is 0 Å². The fourth-order valence-corrected chi connectivity index (χ4v) is 3.57. The van der Waals surface area contributed by atoms with Crippen LogP contribution in [0.5, 0.6) is 5.75 Å². The van der Waals surface area contributed by atoms with E-state index in [0.717, 1.165) is 35.3 Å². The molecule has 3 rings (SSSR count). The second-order valence-electron chi connectivity index (χ2n) is 7.37. The second-order valence-corrected chi connectivity index (χ2v) is 7.37. The van der Waals surface area contributed by atoms with Gasteiger partial charge in [-0.15, -0.1) is 0 Å². The predicted octanol–water partition coefficient (Wildman–Crippen LogP) is 4.25. The number of aromatic nitrogens is 2. The van der Waals surface area contributed by atoms with Gasteiger partial charge < -0.3 is 19.0 Å². The maximum atomic E-state index is 10.6. The Hall–Kier alpha value is -2.53. The Kier molecular flexibility index (Phi) is 6.93. The molecule has 0 unspecified atom stereocenters. The van der Waals surface area contributed by atoms with Crippen molar-refractivity contribution in [1.82, 2.24) is 9.13 Å². The van der Waals surface area contributed by atoms with E-state index in [9.17, 15) is 5.11 Å². The highest BCUT2D eigenvalue weighted by Crippen LogP contribution is 2.17. The maximum Gasteiger partial charge on any atom is 0.203 e. The molecule has 0 saturated heterocycles. The number of aliphatic hydroxyl groups is 1. The minimum Gasteiger partial charge on any atom is -0.491 e. The van der Waals surface area contributed by atoms with Gasteiger partial charge in [0.15, 0.2) is 0 Å². The van der Waals surface area contributed by atoms with E-state index in [1.165, 1.54) is 19.3 Å². The summed E-state index contributed by atoms with van der Waals surface area (Å²) in [6.07, 6.45) is 3.98. The van der Waals surface area contributed by atoms with Gasteiger partial charge in [0.1, 0.15) is 18.5 Å². The number of aliphatic hydroxyl groups excluding tert-OH is 1. The second kappa shape index (κ2) is 9.60. The van der Waals surface area contributed by atoms with Crippen LogP contribution in [0.25, 0.3) is 11.0 Å². The summed E-state index contributed by atoms with van der Waals surface area (Å²) in [6, 6.07) is 15.9. The van der Waals surface area contributed by atoms with Crippen LogP contribution in [0.2, 0.25) is 0 Å². The molecule has 0 aliphatic rings. The number of fused-ring (bicyclic) bond motifs is 1. The zero-order valence-electron chi connectivity index (χ0n) is 16.9. The summed E-state index contributed by atoms with van der Waals surface area (Å²) in [6.45, 7) is 5.57. The lowest BCUT2D eigenvalue weighted by molar-refractivity contribution is 0.0917. The number of aryl methyl sites for hydroxylation is 2. The summed E-state index contributed by atoms with van der Waals surface area (Å²) in [4.78, 5) is 0.